The number of benzene rings is 3. The van der Waals surface area contributed by atoms with E-state index >= 15 is 0 Å². The molecule has 4 aromatic rings. The number of nitrogens with one attached hydrogen (secondary N) is 2. The highest BCUT2D eigenvalue weighted by Gasteiger charge is 2.17. The van der Waals surface area contributed by atoms with Gasteiger partial charge in [-0.1, -0.05) is 46.3 Å². The smallest absolute Gasteiger partial charge is 0.343 e. The molecule has 0 bridgehead atoms. The largest absolute Gasteiger partial charge is 0.422 e. The molecule has 0 spiro atoms. The summed E-state index contributed by atoms with van der Waals surface area (Å²) in [7, 11) is 0. The summed E-state index contributed by atoms with van der Waals surface area (Å²) in [6.45, 7) is 0. The zero-order chi connectivity index (χ0) is 28.5. The van der Waals surface area contributed by atoms with Gasteiger partial charge >= 0.3 is 5.97 Å². The molecule has 0 fully saturated rings. The van der Waals surface area contributed by atoms with E-state index in [0.717, 1.165) is 12.3 Å². The molecule has 1 aromatic heterocycles. The fourth-order valence-corrected chi connectivity index (χ4v) is 4.35. The second kappa shape index (κ2) is 13.2. The summed E-state index contributed by atoms with van der Waals surface area (Å²) < 4.78 is 6.11. The molecule has 2 amide bonds. The summed E-state index contributed by atoms with van der Waals surface area (Å²) in [6, 6.07) is 22.0. The summed E-state index contributed by atoms with van der Waals surface area (Å²) in [5, 5.41) is 19.6. The molecule has 0 radical (unpaired) electrons. The van der Waals surface area contributed by atoms with Crippen molar-refractivity contribution in [2.45, 2.75) is 0 Å². The highest BCUT2D eigenvalue weighted by Crippen LogP contribution is 2.24. The molecule has 10 nitrogen and oxygen atoms in total. The van der Waals surface area contributed by atoms with Crippen LogP contribution in [0.25, 0.3) is 6.08 Å². The summed E-state index contributed by atoms with van der Waals surface area (Å²) in [5.41, 5.74) is 2.62. The minimum Gasteiger partial charge on any atom is -0.422 e. The number of halogens is 1. The molecular formula is C28H19BrN4O6S. The first-order chi connectivity index (χ1) is 19.3. The van der Waals surface area contributed by atoms with Crippen molar-refractivity contribution in [3.63, 3.8) is 0 Å². The highest BCUT2D eigenvalue weighted by molar-refractivity contribution is 9.10. The van der Waals surface area contributed by atoms with E-state index in [9.17, 15) is 24.5 Å². The first kappa shape index (κ1) is 28.1. The Morgan fingerprint density at radius 3 is 2.42 bits per heavy atom. The van der Waals surface area contributed by atoms with Gasteiger partial charge in [-0.2, -0.15) is 5.10 Å². The van der Waals surface area contributed by atoms with E-state index in [2.05, 4.69) is 31.8 Å². The molecule has 1 heterocycles. The van der Waals surface area contributed by atoms with Gasteiger partial charge in [-0.25, -0.2) is 10.2 Å². The van der Waals surface area contributed by atoms with Crippen LogP contribution < -0.4 is 15.5 Å². The third-order valence-corrected chi connectivity index (χ3v) is 6.51. The summed E-state index contributed by atoms with van der Waals surface area (Å²) >= 11 is 4.65. The van der Waals surface area contributed by atoms with Gasteiger partial charge in [0, 0.05) is 32.6 Å². The lowest BCUT2D eigenvalue weighted by atomic mass is 10.2. The Morgan fingerprint density at radius 2 is 1.73 bits per heavy atom. The molecule has 3 aromatic carbocycles. The van der Waals surface area contributed by atoms with Crippen LogP contribution in [-0.4, -0.2) is 28.9 Å². The number of nitro groups is 1. The average molecular weight is 619 g/mol. The molecule has 0 atom stereocenters. The Morgan fingerprint density at radius 1 is 0.950 bits per heavy atom. The van der Waals surface area contributed by atoms with Gasteiger partial charge < -0.3 is 10.1 Å². The van der Waals surface area contributed by atoms with E-state index in [1.54, 1.807) is 66.7 Å². The fraction of sp³-hybridized carbons (Fsp3) is 0. The Bertz CT molecular complexity index is 1620. The Balaban J connectivity index is 1.55. The molecule has 0 aliphatic heterocycles. The van der Waals surface area contributed by atoms with Crippen LogP contribution in [0.4, 0.5) is 5.69 Å². The molecule has 0 aliphatic carbocycles. The number of amides is 2. The fourth-order valence-electron chi connectivity index (χ4n) is 3.30. The first-order valence-corrected chi connectivity index (χ1v) is 13.2. The number of carbonyl (C=O) groups is 3. The number of carbonyl (C=O) groups excluding carboxylic acids is 3. The second-order valence-electron chi connectivity index (χ2n) is 7.97. The monoisotopic (exact) mass is 618 g/mol. The standard InChI is InChI=1S/C28H19BrN4O6S/c29-21-9-4-8-19(14-21)28(36)39-25-12-11-22(33(37)38)15-20(25)17-30-32-27(35)24(16-23-10-5-13-40-23)31-26(34)18-6-2-1-3-7-18/h1-17H,(H,31,34)(H,32,35)/b24-16+,30-17-. The summed E-state index contributed by atoms with van der Waals surface area (Å²) in [4.78, 5) is 49.7. The lowest BCUT2D eigenvalue weighted by Gasteiger charge is -2.09. The number of hydrogen-bond donors (Lipinski definition) is 2. The number of esters is 1. The summed E-state index contributed by atoms with van der Waals surface area (Å²) in [5.74, 6) is -1.95. The predicted molar refractivity (Wildman–Crippen MR) is 154 cm³/mol. The topological polar surface area (TPSA) is 140 Å². The zero-order valence-corrected chi connectivity index (χ0v) is 22.8. The van der Waals surface area contributed by atoms with Crippen molar-refractivity contribution in [1.82, 2.24) is 10.7 Å². The van der Waals surface area contributed by atoms with Crippen molar-refractivity contribution >= 4 is 63.0 Å². The maximum absolute atomic E-state index is 13.0. The molecule has 40 heavy (non-hydrogen) atoms. The molecular weight excluding hydrogens is 600 g/mol. The second-order valence-corrected chi connectivity index (χ2v) is 9.87. The molecule has 0 saturated carbocycles. The van der Waals surface area contributed by atoms with E-state index in [1.807, 2.05) is 5.38 Å². The van der Waals surface area contributed by atoms with Crippen LogP contribution in [0, 0.1) is 10.1 Å². The van der Waals surface area contributed by atoms with Crippen molar-refractivity contribution in [3.8, 4) is 5.75 Å². The predicted octanol–water partition coefficient (Wildman–Crippen LogP) is 5.56. The minimum absolute atomic E-state index is 0.0136. The van der Waals surface area contributed by atoms with Gasteiger partial charge in [0.15, 0.2) is 0 Å². The van der Waals surface area contributed by atoms with Gasteiger partial charge in [-0.3, -0.25) is 19.7 Å². The van der Waals surface area contributed by atoms with Crippen molar-refractivity contribution in [1.29, 1.82) is 0 Å². The average Bonchev–Trinajstić information content (AvgIpc) is 3.47. The Hall–Kier alpha value is -4.94. The number of nitrogens with zero attached hydrogens (tertiary/aromatic N) is 2. The zero-order valence-electron chi connectivity index (χ0n) is 20.4. The number of rotatable bonds is 9. The number of thiophene rings is 1. The maximum Gasteiger partial charge on any atom is 0.343 e. The minimum atomic E-state index is -0.743. The van der Waals surface area contributed by atoms with Crippen molar-refractivity contribution in [3.05, 3.63) is 132 Å². The van der Waals surface area contributed by atoms with Crippen molar-refractivity contribution < 1.29 is 24.0 Å². The van der Waals surface area contributed by atoms with Crippen LogP contribution in [0.2, 0.25) is 0 Å². The Labute approximate surface area is 240 Å². The number of non-ortho nitro benzene ring substituents is 1. The van der Waals surface area contributed by atoms with E-state index in [0.29, 0.717) is 14.9 Å². The van der Waals surface area contributed by atoms with Crippen LogP contribution in [0.5, 0.6) is 5.75 Å². The van der Waals surface area contributed by atoms with Gasteiger partial charge in [0.05, 0.1) is 16.7 Å². The van der Waals surface area contributed by atoms with E-state index in [-0.39, 0.29) is 28.3 Å². The molecule has 0 aliphatic rings. The lowest BCUT2D eigenvalue weighted by Crippen LogP contribution is -2.32. The quantitative estimate of drug-likeness (QED) is 0.0628. The molecule has 0 saturated heterocycles. The van der Waals surface area contributed by atoms with Crippen molar-refractivity contribution in [2.24, 2.45) is 5.10 Å². The molecule has 2 N–H and O–H groups in total. The van der Waals surface area contributed by atoms with Crippen LogP contribution in [0.15, 0.2) is 106 Å². The number of hydrogen-bond acceptors (Lipinski definition) is 8. The maximum atomic E-state index is 13.0. The number of hydrazone groups is 1. The SMILES string of the molecule is O=C(N/N=C\c1cc([N+](=O)[O-])ccc1OC(=O)c1cccc(Br)c1)/C(=C\c1cccs1)NC(=O)c1ccccc1. The highest BCUT2D eigenvalue weighted by atomic mass is 79.9. The van der Waals surface area contributed by atoms with Gasteiger partial charge in [-0.15, -0.1) is 11.3 Å². The van der Waals surface area contributed by atoms with Crippen molar-refractivity contribution in [2.75, 3.05) is 0 Å². The van der Waals surface area contributed by atoms with E-state index in [4.69, 9.17) is 4.74 Å². The molecule has 12 heteroatoms. The molecule has 4 rings (SSSR count). The summed E-state index contributed by atoms with van der Waals surface area (Å²) in [6.07, 6.45) is 2.60. The van der Waals surface area contributed by atoms with Crippen LogP contribution in [0.3, 0.4) is 0 Å². The molecule has 200 valence electrons. The van der Waals surface area contributed by atoms with Crippen LogP contribution in [-0.2, 0) is 4.79 Å². The lowest BCUT2D eigenvalue weighted by molar-refractivity contribution is -0.384. The number of ether oxygens (including phenoxy) is 1. The third-order valence-electron chi connectivity index (χ3n) is 5.20. The number of nitro benzene ring substituents is 1. The van der Waals surface area contributed by atoms with E-state index in [1.165, 1.54) is 29.5 Å². The normalized spacial score (nSPS) is 11.2. The Kier molecular flexibility index (Phi) is 9.28. The van der Waals surface area contributed by atoms with Gasteiger partial charge in [-0.05, 0) is 53.9 Å². The van der Waals surface area contributed by atoms with Gasteiger partial charge in [0.1, 0.15) is 11.4 Å². The van der Waals surface area contributed by atoms with Crippen LogP contribution in [0.1, 0.15) is 31.2 Å². The van der Waals surface area contributed by atoms with Gasteiger partial charge in [0.2, 0.25) is 0 Å². The third kappa shape index (κ3) is 7.56. The van der Waals surface area contributed by atoms with Crippen LogP contribution >= 0.6 is 27.3 Å². The van der Waals surface area contributed by atoms with E-state index < -0.39 is 22.7 Å². The van der Waals surface area contributed by atoms with Gasteiger partial charge in [0.25, 0.3) is 17.5 Å². The first-order valence-electron chi connectivity index (χ1n) is 11.5. The molecule has 0 unspecified atom stereocenters.